The van der Waals surface area contributed by atoms with Crippen molar-refractivity contribution in [3.05, 3.63) is 35.6 Å². The molecule has 0 amide bonds. The van der Waals surface area contributed by atoms with E-state index in [1.54, 1.807) is 31.4 Å². The number of methoxy groups -OCH3 is 1. The summed E-state index contributed by atoms with van der Waals surface area (Å²) in [6.45, 7) is 0. The standard InChI is InChI=1S/C11H10ClN3O2S/c1-16-9-3-2-7(12)6-8(9)13-11(18)14-10-4-5-17-15-10/h2-6H,1H3,(H2,13,14,15,18). The highest BCUT2D eigenvalue weighted by atomic mass is 35.5. The lowest BCUT2D eigenvalue weighted by Gasteiger charge is -2.12. The lowest BCUT2D eigenvalue weighted by molar-refractivity contribution is 0.417. The molecule has 0 aliphatic heterocycles. The zero-order valence-electron chi connectivity index (χ0n) is 9.44. The normalized spacial score (nSPS) is 9.89. The molecule has 2 aromatic rings. The van der Waals surface area contributed by atoms with Gasteiger partial charge in [0.1, 0.15) is 12.0 Å². The van der Waals surface area contributed by atoms with E-state index in [2.05, 4.69) is 20.3 Å². The van der Waals surface area contributed by atoms with Crippen LogP contribution in [0, 0.1) is 0 Å². The first kappa shape index (κ1) is 12.7. The van der Waals surface area contributed by atoms with Crippen LogP contribution in [0.5, 0.6) is 5.75 Å². The Morgan fingerprint density at radius 2 is 2.22 bits per heavy atom. The van der Waals surface area contributed by atoms with E-state index in [0.717, 1.165) is 0 Å². The molecule has 1 aromatic carbocycles. The van der Waals surface area contributed by atoms with E-state index in [1.165, 1.54) is 6.26 Å². The first-order valence-electron chi connectivity index (χ1n) is 5.01. The molecule has 2 rings (SSSR count). The molecule has 0 bridgehead atoms. The van der Waals surface area contributed by atoms with E-state index in [4.69, 9.17) is 28.6 Å². The highest BCUT2D eigenvalue weighted by molar-refractivity contribution is 7.80. The summed E-state index contributed by atoms with van der Waals surface area (Å²) in [5, 5.41) is 10.5. The summed E-state index contributed by atoms with van der Waals surface area (Å²) < 4.78 is 9.88. The predicted molar refractivity (Wildman–Crippen MR) is 74.4 cm³/mol. The molecule has 0 aliphatic rings. The van der Waals surface area contributed by atoms with Crippen molar-refractivity contribution in [1.29, 1.82) is 0 Å². The van der Waals surface area contributed by atoms with E-state index in [9.17, 15) is 0 Å². The molecule has 0 saturated heterocycles. The third-order valence-electron chi connectivity index (χ3n) is 2.09. The quantitative estimate of drug-likeness (QED) is 0.844. The summed E-state index contributed by atoms with van der Waals surface area (Å²) in [7, 11) is 1.57. The zero-order chi connectivity index (χ0) is 13.0. The first-order chi connectivity index (χ1) is 8.69. The van der Waals surface area contributed by atoms with Gasteiger partial charge in [-0.2, -0.15) is 0 Å². The zero-order valence-corrected chi connectivity index (χ0v) is 11.0. The maximum atomic E-state index is 5.91. The molecule has 0 unspecified atom stereocenters. The number of anilines is 2. The van der Waals surface area contributed by atoms with Gasteiger partial charge in [0.2, 0.25) is 0 Å². The fraction of sp³-hybridized carbons (Fsp3) is 0.0909. The van der Waals surface area contributed by atoms with Gasteiger partial charge in [0.15, 0.2) is 10.9 Å². The van der Waals surface area contributed by atoms with Gasteiger partial charge in [-0.25, -0.2) is 0 Å². The van der Waals surface area contributed by atoms with Crippen LogP contribution in [0.3, 0.4) is 0 Å². The molecule has 0 fully saturated rings. The lowest BCUT2D eigenvalue weighted by Crippen LogP contribution is -2.19. The van der Waals surface area contributed by atoms with Gasteiger partial charge in [0, 0.05) is 11.1 Å². The van der Waals surface area contributed by atoms with E-state index in [-0.39, 0.29) is 0 Å². The van der Waals surface area contributed by atoms with Gasteiger partial charge < -0.3 is 19.9 Å². The largest absolute Gasteiger partial charge is 0.495 e. The summed E-state index contributed by atoms with van der Waals surface area (Å²) in [6.07, 6.45) is 1.45. The maximum Gasteiger partial charge on any atom is 0.176 e. The molecule has 0 spiro atoms. The number of rotatable bonds is 3. The van der Waals surface area contributed by atoms with Gasteiger partial charge in [-0.1, -0.05) is 16.8 Å². The molecule has 1 heterocycles. The molecule has 5 nitrogen and oxygen atoms in total. The van der Waals surface area contributed by atoms with Crippen LogP contribution in [-0.4, -0.2) is 17.4 Å². The Morgan fingerprint density at radius 3 is 2.89 bits per heavy atom. The molecule has 0 saturated carbocycles. The molecule has 2 N–H and O–H groups in total. The Morgan fingerprint density at radius 1 is 1.39 bits per heavy atom. The topological polar surface area (TPSA) is 59.3 Å². The number of hydrogen-bond acceptors (Lipinski definition) is 4. The second kappa shape index (κ2) is 5.70. The number of ether oxygens (including phenoxy) is 1. The predicted octanol–water partition coefficient (Wildman–Crippen LogP) is 3.15. The van der Waals surface area contributed by atoms with Crippen LogP contribution >= 0.6 is 23.8 Å². The van der Waals surface area contributed by atoms with Crippen molar-refractivity contribution in [2.24, 2.45) is 0 Å². The van der Waals surface area contributed by atoms with Gasteiger partial charge in [0.05, 0.1) is 12.8 Å². The summed E-state index contributed by atoms with van der Waals surface area (Å²) in [6, 6.07) is 6.86. The second-order valence-corrected chi connectivity index (χ2v) is 4.15. The molecule has 0 aliphatic carbocycles. The van der Waals surface area contributed by atoms with Crippen LogP contribution in [-0.2, 0) is 0 Å². The Labute approximate surface area is 114 Å². The average Bonchev–Trinajstić information content (AvgIpc) is 2.82. The highest BCUT2D eigenvalue weighted by Gasteiger charge is 2.06. The summed E-state index contributed by atoms with van der Waals surface area (Å²) in [5.41, 5.74) is 0.672. The monoisotopic (exact) mass is 283 g/mol. The fourth-order valence-electron chi connectivity index (χ4n) is 1.32. The minimum absolute atomic E-state index is 0.365. The van der Waals surface area contributed by atoms with Crippen LogP contribution in [0.1, 0.15) is 0 Å². The van der Waals surface area contributed by atoms with Crippen LogP contribution in [0.25, 0.3) is 0 Å². The van der Waals surface area contributed by atoms with Crippen LogP contribution in [0.15, 0.2) is 35.1 Å². The number of hydrogen-bond donors (Lipinski definition) is 2. The number of halogens is 1. The third-order valence-corrected chi connectivity index (χ3v) is 2.53. The molecule has 18 heavy (non-hydrogen) atoms. The summed E-state index contributed by atoms with van der Waals surface area (Å²) in [5.74, 6) is 1.16. The Bertz CT molecular complexity index is 545. The molecule has 1 aromatic heterocycles. The highest BCUT2D eigenvalue weighted by Crippen LogP contribution is 2.27. The van der Waals surface area contributed by atoms with E-state index in [0.29, 0.717) is 27.4 Å². The van der Waals surface area contributed by atoms with E-state index in [1.807, 2.05) is 0 Å². The van der Waals surface area contributed by atoms with Crippen LogP contribution in [0.2, 0.25) is 5.02 Å². The van der Waals surface area contributed by atoms with E-state index >= 15 is 0 Å². The summed E-state index contributed by atoms with van der Waals surface area (Å²) >= 11 is 11.0. The van der Waals surface area contributed by atoms with Crippen LogP contribution in [0.4, 0.5) is 11.5 Å². The van der Waals surface area contributed by atoms with Crippen molar-refractivity contribution >= 4 is 40.4 Å². The SMILES string of the molecule is COc1ccc(Cl)cc1NC(=S)Nc1ccon1. The first-order valence-corrected chi connectivity index (χ1v) is 5.79. The van der Waals surface area contributed by atoms with Crippen molar-refractivity contribution in [3.63, 3.8) is 0 Å². The Kier molecular flexibility index (Phi) is 4.01. The van der Waals surface area contributed by atoms with Crippen molar-refractivity contribution in [3.8, 4) is 5.75 Å². The van der Waals surface area contributed by atoms with Crippen LogP contribution < -0.4 is 15.4 Å². The second-order valence-electron chi connectivity index (χ2n) is 3.31. The molecule has 0 radical (unpaired) electrons. The number of nitrogens with zero attached hydrogens (tertiary/aromatic N) is 1. The van der Waals surface area contributed by atoms with Crippen molar-refractivity contribution in [2.75, 3.05) is 17.7 Å². The van der Waals surface area contributed by atoms with Gasteiger partial charge in [-0.3, -0.25) is 0 Å². The average molecular weight is 284 g/mol. The molecular formula is C11H10ClN3O2S. The summed E-state index contributed by atoms with van der Waals surface area (Å²) in [4.78, 5) is 0. The number of aromatic nitrogens is 1. The Hall–Kier alpha value is -1.79. The van der Waals surface area contributed by atoms with Crippen molar-refractivity contribution in [2.45, 2.75) is 0 Å². The van der Waals surface area contributed by atoms with Gasteiger partial charge in [0.25, 0.3) is 0 Å². The van der Waals surface area contributed by atoms with Gasteiger partial charge in [-0.05, 0) is 30.4 Å². The molecule has 7 heteroatoms. The smallest absolute Gasteiger partial charge is 0.176 e. The molecular weight excluding hydrogens is 274 g/mol. The lowest BCUT2D eigenvalue weighted by atomic mass is 10.3. The van der Waals surface area contributed by atoms with E-state index < -0.39 is 0 Å². The minimum Gasteiger partial charge on any atom is -0.495 e. The Balaban J connectivity index is 2.08. The van der Waals surface area contributed by atoms with Crippen molar-refractivity contribution in [1.82, 2.24) is 5.16 Å². The van der Waals surface area contributed by atoms with Gasteiger partial charge in [-0.15, -0.1) is 0 Å². The number of benzene rings is 1. The van der Waals surface area contributed by atoms with Crippen molar-refractivity contribution < 1.29 is 9.26 Å². The fourth-order valence-corrected chi connectivity index (χ4v) is 1.71. The third kappa shape index (κ3) is 3.12. The maximum absolute atomic E-state index is 5.91. The minimum atomic E-state index is 0.365. The molecule has 94 valence electrons. The number of thiocarbonyl (C=S) groups is 1. The van der Waals surface area contributed by atoms with Gasteiger partial charge >= 0.3 is 0 Å². The molecule has 0 atom stereocenters. The number of nitrogens with one attached hydrogen (secondary N) is 2.